The zero-order chi connectivity index (χ0) is 15.2. The molecule has 0 aliphatic carbocycles. The minimum absolute atomic E-state index is 0.0821. The van der Waals surface area contributed by atoms with Gasteiger partial charge in [-0.1, -0.05) is 6.07 Å². The lowest BCUT2D eigenvalue weighted by molar-refractivity contribution is -0.113. The summed E-state index contributed by atoms with van der Waals surface area (Å²) in [5.74, 6) is 1.14. The number of amides is 1. The van der Waals surface area contributed by atoms with E-state index in [1.807, 2.05) is 19.1 Å². The summed E-state index contributed by atoms with van der Waals surface area (Å²) in [6, 6.07) is 5.52. The molecule has 0 radical (unpaired) electrons. The molecule has 0 aromatic heterocycles. The highest BCUT2D eigenvalue weighted by atomic mass is 32.2. The molecule has 7 heteroatoms. The Morgan fingerprint density at radius 2 is 2.10 bits per heavy atom. The third-order valence-corrected chi connectivity index (χ3v) is 4.62. The highest BCUT2D eigenvalue weighted by molar-refractivity contribution is 8.01. The molecule has 1 N–H and O–H groups in total. The molecular formula is C13H19NO4S2. The van der Waals surface area contributed by atoms with Crippen LogP contribution < -0.4 is 10.1 Å². The molecule has 112 valence electrons. The van der Waals surface area contributed by atoms with Crippen LogP contribution in [0.25, 0.3) is 0 Å². The first-order chi connectivity index (χ1) is 9.31. The van der Waals surface area contributed by atoms with Crippen molar-refractivity contribution in [2.75, 3.05) is 35.9 Å². The maximum Gasteiger partial charge on any atom is 0.234 e. The van der Waals surface area contributed by atoms with Crippen LogP contribution in [0.5, 0.6) is 5.75 Å². The van der Waals surface area contributed by atoms with Crippen molar-refractivity contribution in [1.29, 1.82) is 0 Å². The number of thioether (sulfide) groups is 1. The lowest BCUT2D eigenvalue weighted by Crippen LogP contribution is -2.16. The first-order valence-electron chi connectivity index (χ1n) is 6.02. The first-order valence-corrected chi connectivity index (χ1v) is 9.23. The van der Waals surface area contributed by atoms with Crippen molar-refractivity contribution in [1.82, 2.24) is 0 Å². The number of rotatable bonds is 7. The van der Waals surface area contributed by atoms with E-state index in [2.05, 4.69) is 5.32 Å². The van der Waals surface area contributed by atoms with Gasteiger partial charge in [0.05, 0.1) is 24.3 Å². The zero-order valence-electron chi connectivity index (χ0n) is 11.8. The summed E-state index contributed by atoms with van der Waals surface area (Å²) in [5, 5.41) is 2.77. The number of aryl methyl sites for hydroxylation is 1. The maximum atomic E-state index is 11.8. The first kappa shape index (κ1) is 16.8. The van der Waals surface area contributed by atoms with Crippen molar-refractivity contribution in [3.8, 4) is 5.75 Å². The molecule has 5 nitrogen and oxygen atoms in total. The Hall–Kier alpha value is -1.21. The molecule has 1 rings (SSSR count). The van der Waals surface area contributed by atoms with Crippen molar-refractivity contribution in [3.63, 3.8) is 0 Å². The molecule has 0 spiro atoms. The Labute approximate surface area is 124 Å². The summed E-state index contributed by atoms with van der Waals surface area (Å²) >= 11 is 1.29. The molecule has 0 aliphatic heterocycles. The number of benzene rings is 1. The van der Waals surface area contributed by atoms with Crippen LogP contribution in [-0.4, -0.2) is 44.9 Å². The molecule has 0 heterocycles. The van der Waals surface area contributed by atoms with E-state index in [4.69, 9.17) is 4.74 Å². The number of hydrogen-bond acceptors (Lipinski definition) is 5. The van der Waals surface area contributed by atoms with Crippen LogP contribution in [0, 0.1) is 6.92 Å². The smallest absolute Gasteiger partial charge is 0.234 e. The van der Waals surface area contributed by atoms with Gasteiger partial charge in [-0.05, 0) is 24.6 Å². The Morgan fingerprint density at radius 1 is 1.40 bits per heavy atom. The van der Waals surface area contributed by atoms with Crippen LogP contribution in [0.2, 0.25) is 0 Å². The molecule has 1 amide bonds. The Bertz CT molecular complexity index is 570. The SMILES string of the molecule is COc1ccc(C)cc1NC(=O)CSCCS(C)(=O)=O. The number of carbonyl (C=O) groups excluding carboxylic acids is 1. The summed E-state index contributed by atoms with van der Waals surface area (Å²) in [6.45, 7) is 1.93. The lowest BCUT2D eigenvalue weighted by Gasteiger charge is -2.10. The van der Waals surface area contributed by atoms with Gasteiger partial charge in [-0.2, -0.15) is 11.8 Å². The summed E-state index contributed by atoms with van der Waals surface area (Å²) in [7, 11) is -1.43. The van der Waals surface area contributed by atoms with Crippen LogP contribution in [0.1, 0.15) is 5.56 Å². The highest BCUT2D eigenvalue weighted by Crippen LogP contribution is 2.25. The normalized spacial score (nSPS) is 11.2. The molecule has 0 unspecified atom stereocenters. The minimum Gasteiger partial charge on any atom is -0.495 e. The number of hydrogen-bond donors (Lipinski definition) is 1. The van der Waals surface area contributed by atoms with Gasteiger partial charge in [0, 0.05) is 12.0 Å². The van der Waals surface area contributed by atoms with Crippen LogP contribution in [0.4, 0.5) is 5.69 Å². The zero-order valence-corrected chi connectivity index (χ0v) is 13.4. The Morgan fingerprint density at radius 3 is 2.70 bits per heavy atom. The fourth-order valence-electron chi connectivity index (χ4n) is 1.48. The van der Waals surface area contributed by atoms with E-state index >= 15 is 0 Å². The highest BCUT2D eigenvalue weighted by Gasteiger charge is 2.09. The quantitative estimate of drug-likeness (QED) is 0.775. The van der Waals surface area contributed by atoms with E-state index in [9.17, 15) is 13.2 Å². The fourth-order valence-corrected chi connectivity index (χ4v) is 3.57. The number of anilines is 1. The molecule has 0 aliphatic rings. The van der Waals surface area contributed by atoms with Crippen LogP contribution in [0.3, 0.4) is 0 Å². The largest absolute Gasteiger partial charge is 0.495 e. The fraction of sp³-hybridized carbons (Fsp3) is 0.462. The number of ether oxygens (including phenoxy) is 1. The molecule has 1 aromatic rings. The minimum atomic E-state index is -2.97. The molecule has 0 saturated heterocycles. The predicted octanol–water partition coefficient (Wildman–Crippen LogP) is 1.72. The van der Waals surface area contributed by atoms with Gasteiger partial charge >= 0.3 is 0 Å². The predicted molar refractivity (Wildman–Crippen MR) is 83.4 cm³/mol. The maximum absolute atomic E-state index is 11.8. The third-order valence-electron chi connectivity index (χ3n) is 2.46. The molecule has 1 aromatic carbocycles. The third kappa shape index (κ3) is 6.29. The monoisotopic (exact) mass is 317 g/mol. The van der Waals surface area contributed by atoms with Crippen molar-refractivity contribution < 1.29 is 17.9 Å². The number of nitrogens with one attached hydrogen (secondary N) is 1. The van der Waals surface area contributed by atoms with Gasteiger partial charge in [0.15, 0.2) is 0 Å². The molecular weight excluding hydrogens is 298 g/mol. The second-order valence-electron chi connectivity index (χ2n) is 4.43. The van der Waals surface area contributed by atoms with Gasteiger partial charge < -0.3 is 10.1 Å². The van der Waals surface area contributed by atoms with Gasteiger partial charge in [-0.15, -0.1) is 0 Å². The molecule has 20 heavy (non-hydrogen) atoms. The van der Waals surface area contributed by atoms with E-state index in [1.165, 1.54) is 18.0 Å². The Kier molecular flexibility index (Phi) is 6.35. The second kappa shape index (κ2) is 7.54. The van der Waals surface area contributed by atoms with E-state index in [0.29, 0.717) is 17.2 Å². The molecule has 0 saturated carbocycles. The van der Waals surface area contributed by atoms with Gasteiger partial charge in [0.1, 0.15) is 15.6 Å². The van der Waals surface area contributed by atoms with Crippen molar-refractivity contribution in [2.24, 2.45) is 0 Å². The standard InChI is InChI=1S/C13H19NO4S2/c1-10-4-5-12(18-2)11(8-10)14-13(15)9-19-6-7-20(3,16)17/h4-5,8H,6-7,9H2,1-3H3,(H,14,15). The van der Waals surface area contributed by atoms with Crippen LogP contribution >= 0.6 is 11.8 Å². The number of methoxy groups -OCH3 is 1. The van der Waals surface area contributed by atoms with Gasteiger partial charge in [-0.3, -0.25) is 4.79 Å². The summed E-state index contributed by atoms with van der Waals surface area (Å²) in [4.78, 5) is 11.8. The van der Waals surface area contributed by atoms with Crippen molar-refractivity contribution in [3.05, 3.63) is 23.8 Å². The summed E-state index contributed by atoms with van der Waals surface area (Å²) in [5.41, 5.74) is 1.65. The average Bonchev–Trinajstić information content (AvgIpc) is 2.34. The van der Waals surface area contributed by atoms with E-state index < -0.39 is 9.84 Å². The number of carbonyl (C=O) groups is 1. The van der Waals surface area contributed by atoms with E-state index in [-0.39, 0.29) is 17.4 Å². The van der Waals surface area contributed by atoms with Crippen molar-refractivity contribution in [2.45, 2.75) is 6.92 Å². The summed E-state index contributed by atoms with van der Waals surface area (Å²) in [6.07, 6.45) is 1.19. The summed E-state index contributed by atoms with van der Waals surface area (Å²) < 4.78 is 27.1. The molecule has 0 bridgehead atoms. The number of sulfone groups is 1. The molecule has 0 atom stereocenters. The van der Waals surface area contributed by atoms with Crippen LogP contribution in [0.15, 0.2) is 18.2 Å². The van der Waals surface area contributed by atoms with Crippen molar-refractivity contribution >= 4 is 33.2 Å². The lowest BCUT2D eigenvalue weighted by atomic mass is 10.2. The second-order valence-corrected chi connectivity index (χ2v) is 7.80. The average molecular weight is 317 g/mol. The van der Waals surface area contributed by atoms with E-state index in [0.717, 1.165) is 5.56 Å². The van der Waals surface area contributed by atoms with Gasteiger partial charge in [-0.25, -0.2) is 8.42 Å². The van der Waals surface area contributed by atoms with E-state index in [1.54, 1.807) is 13.2 Å². The van der Waals surface area contributed by atoms with Gasteiger partial charge in [0.25, 0.3) is 0 Å². The van der Waals surface area contributed by atoms with Gasteiger partial charge in [0.2, 0.25) is 5.91 Å². The Balaban J connectivity index is 2.48. The topological polar surface area (TPSA) is 72.5 Å². The molecule has 0 fully saturated rings. The van der Waals surface area contributed by atoms with Crippen LogP contribution in [-0.2, 0) is 14.6 Å².